The highest BCUT2D eigenvalue weighted by atomic mass is 16.2. The van der Waals surface area contributed by atoms with E-state index in [9.17, 15) is 14.4 Å². The maximum atomic E-state index is 13.6. The van der Waals surface area contributed by atoms with E-state index < -0.39 is 11.9 Å². The average Bonchev–Trinajstić information content (AvgIpc) is 2.85. The zero-order valence-electron chi connectivity index (χ0n) is 20.1. The van der Waals surface area contributed by atoms with Gasteiger partial charge in [0.25, 0.3) is 5.56 Å². The molecule has 0 radical (unpaired) electrons. The Morgan fingerprint density at radius 1 is 1.03 bits per heavy atom. The Morgan fingerprint density at radius 3 is 2.60 bits per heavy atom. The van der Waals surface area contributed by atoms with Crippen molar-refractivity contribution < 1.29 is 9.59 Å². The second kappa shape index (κ2) is 10.1. The van der Waals surface area contributed by atoms with Crippen molar-refractivity contribution in [3.8, 4) is 0 Å². The van der Waals surface area contributed by atoms with Gasteiger partial charge in [-0.25, -0.2) is 4.98 Å². The van der Waals surface area contributed by atoms with Crippen molar-refractivity contribution >= 4 is 22.7 Å². The van der Waals surface area contributed by atoms with Crippen LogP contribution in [0.15, 0.2) is 41.3 Å². The molecule has 2 fully saturated rings. The predicted molar refractivity (Wildman–Crippen MR) is 133 cm³/mol. The van der Waals surface area contributed by atoms with E-state index in [-0.39, 0.29) is 17.9 Å². The molecule has 2 aliphatic heterocycles. The van der Waals surface area contributed by atoms with E-state index in [1.54, 1.807) is 6.92 Å². The normalized spacial score (nSPS) is 19.2. The summed E-state index contributed by atoms with van der Waals surface area (Å²) in [4.78, 5) is 49.4. The van der Waals surface area contributed by atoms with Crippen LogP contribution in [0.1, 0.15) is 60.8 Å². The molecule has 182 valence electrons. The molecule has 8 nitrogen and oxygen atoms in total. The standard InChI is InChI=1S/C27H31N5O3/c1-18-29-22-7-5-6-20(25(22)27(35)32(18)23-12-13-24(33)30-26(23)34)9-11-21-10-8-19(16-28-21)17-31-14-3-2-4-15-31/h5-8,10,16,23H,2-4,9,11-15,17H2,1H3,(H,30,33,34). The molecule has 8 heteroatoms. The smallest absolute Gasteiger partial charge is 0.262 e. The second-order valence-corrected chi connectivity index (χ2v) is 9.61. The number of fused-ring (bicyclic) bond motifs is 1. The number of imide groups is 1. The molecule has 2 amide bonds. The van der Waals surface area contributed by atoms with Gasteiger partial charge in [0.1, 0.15) is 11.9 Å². The molecule has 1 unspecified atom stereocenters. The van der Waals surface area contributed by atoms with Crippen LogP contribution in [0.2, 0.25) is 0 Å². The number of aryl methyl sites for hydroxylation is 3. The van der Waals surface area contributed by atoms with Crippen molar-refractivity contribution in [3.63, 3.8) is 0 Å². The number of hydrogen-bond acceptors (Lipinski definition) is 6. The summed E-state index contributed by atoms with van der Waals surface area (Å²) in [5.41, 5.74) is 3.49. The molecular weight excluding hydrogens is 442 g/mol. The van der Waals surface area contributed by atoms with E-state index in [2.05, 4.69) is 32.3 Å². The molecule has 0 spiro atoms. The Balaban J connectivity index is 1.36. The largest absolute Gasteiger partial charge is 0.299 e. The van der Waals surface area contributed by atoms with E-state index in [1.165, 1.54) is 29.4 Å². The molecule has 1 aromatic carbocycles. The lowest BCUT2D eigenvalue weighted by Crippen LogP contribution is -2.45. The summed E-state index contributed by atoms with van der Waals surface area (Å²) in [6, 6.07) is 9.19. The fourth-order valence-corrected chi connectivity index (χ4v) is 5.26. The first-order valence-corrected chi connectivity index (χ1v) is 12.5. The SMILES string of the molecule is Cc1nc2cccc(CCc3ccc(CN4CCCCC4)cn3)c2c(=O)n1C1CCC(=O)NC1=O. The van der Waals surface area contributed by atoms with Gasteiger partial charge in [0, 0.05) is 24.9 Å². The van der Waals surface area contributed by atoms with E-state index in [0.717, 1.165) is 30.9 Å². The van der Waals surface area contributed by atoms with E-state index >= 15 is 0 Å². The van der Waals surface area contributed by atoms with E-state index in [0.29, 0.717) is 36.0 Å². The number of carbonyl (C=O) groups is 2. The first kappa shape index (κ1) is 23.4. The Bertz CT molecular complexity index is 1310. The molecule has 4 heterocycles. The molecule has 2 saturated heterocycles. The molecule has 0 aliphatic carbocycles. The average molecular weight is 474 g/mol. The zero-order valence-corrected chi connectivity index (χ0v) is 20.1. The molecule has 1 atom stereocenters. The van der Waals surface area contributed by atoms with Gasteiger partial charge in [-0.1, -0.05) is 24.6 Å². The number of nitrogens with one attached hydrogen (secondary N) is 1. The number of likely N-dealkylation sites (tertiary alicyclic amines) is 1. The van der Waals surface area contributed by atoms with Crippen LogP contribution in [0.4, 0.5) is 0 Å². The van der Waals surface area contributed by atoms with Crippen molar-refractivity contribution in [2.24, 2.45) is 0 Å². The summed E-state index contributed by atoms with van der Waals surface area (Å²) >= 11 is 0. The van der Waals surface area contributed by atoms with Crippen molar-refractivity contribution in [2.75, 3.05) is 13.1 Å². The summed E-state index contributed by atoms with van der Waals surface area (Å²) in [6.45, 7) is 4.99. The van der Waals surface area contributed by atoms with Crippen LogP contribution in [-0.2, 0) is 29.0 Å². The molecule has 35 heavy (non-hydrogen) atoms. The molecule has 0 bridgehead atoms. The zero-order chi connectivity index (χ0) is 24.4. The van der Waals surface area contributed by atoms with Crippen molar-refractivity contribution in [1.82, 2.24) is 24.8 Å². The highest BCUT2D eigenvalue weighted by Gasteiger charge is 2.30. The lowest BCUT2D eigenvalue weighted by atomic mass is 10.0. The number of hydrogen-bond donors (Lipinski definition) is 1. The highest BCUT2D eigenvalue weighted by Crippen LogP contribution is 2.22. The van der Waals surface area contributed by atoms with Gasteiger partial charge in [0.15, 0.2) is 0 Å². The minimum atomic E-state index is -0.723. The summed E-state index contributed by atoms with van der Waals surface area (Å²) in [6.07, 6.45) is 7.70. The number of piperidine rings is 2. The number of rotatable bonds is 6. The van der Waals surface area contributed by atoms with Crippen LogP contribution in [0.5, 0.6) is 0 Å². The first-order valence-electron chi connectivity index (χ1n) is 12.5. The van der Waals surface area contributed by atoms with Gasteiger partial charge in [-0.15, -0.1) is 0 Å². The molecule has 2 aliphatic rings. The molecule has 1 N–H and O–H groups in total. The van der Waals surface area contributed by atoms with Crippen LogP contribution >= 0.6 is 0 Å². The number of pyridine rings is 1. The Labute approximate surface area is 204 Å². The number of carbonyl (C=O) groups excluding carboxylic acids is 2. The number of benzene rings is 1. The molecule has 3 aromatic rings. The quantitative estimate of drug-likeness (QED) is 0.553. The Hall–Kier alpha value is -3.39. The minimum Gasteiger partial charge on any atom is -0.299 e. The van der Waals surface area contributed by atoms with Crippen LogP contribution in [0, 0.1) is 6.92 Å². The van der Waals surface area contributed by atoms with Crippen molar-refractivity contribution in [2.45, 2.75) is 64.5 Å². The Kier molecular flexibility index (Phi) is 6.72. The van der Waals surface area contributed by atoms with Gasteiger partial charge >= 0.3 is 0 Å². The van der Waals surface area contributed by atoms with Crippen LogP contribution in [-0.4, -0.2) is 44.3 Å². The third kappa shape index (κ3) is 5.03. The maximum absolute atomic E-state index is 13.6. The molecule has 0 saturated carbocycles. The van der Waals surface area contributed by atoms with Gasteiger partial charge in [0.05, 0.1) is 10.9 Å². The third-order valence-corrected chi connectivity index (χ3v) is 7.11. The lowest BCUT2D eigenvalue weighted by molar-refractivity contribution is -0.135. The third-order valence-electron chi connectivity index (χ3n) is 7.11. The summed E-state index contributed by atoms with van der Waals surface area (Å²) in [5.74, 6) is -0.278. The van der Waals surface area contributed by atoms with Crippen LogP contribution < -0.4 is 10.9 Å². The van der Waals surface area contributed by atoms with Crippen LogP contribution in [0.25, 0.3) is 10.9 Å². The first-order chi connectivity index (χ1) is 17.0. The lowest BCUT2D eigenvalue weighted by Gasteiger charge is -2.26. The maximum Gasteiger partial charge on any atom is 0.262 e. The van der Waals surface area contributed by atoms with Gasteiger partial charge in [-0.05, 0) is 75.4 Å². The topological polar surface area (TPSA) is 97.2 Å². The van der Waals surface area contributed by atoms with Gasteiger partial charge in [-0.3, -0.25) is 34.2 Å². The van der Waals surface area contributed by atoms with Gasteiger partial charge in [-0.2, -0.15) is 0 Å². The fourth-order valence-electron chi connectivity index (χ4n) is 5.26. The predicted octanol–water partition coefficient (Wildman–Crippen LogP) is 2.85. The number of nitrogens with zero attached hydrogens (tertiary/aromatic N) is 4. The van der Waals surface area contributed by atoms with Gasteiger partial charge in [0.2, 0.25) is 11.8 Å². The summed E-state index contributed by atoms with van der Waals surface area (Å²) < 4.78 is 1.45. The summed E-state index contributed by atoms with van der Waals surface area (Å²) in [5, 5.41) is 2.88. The van der Waals surface area contributed by atoms with E-state index in [1.807, 2.05) is 24.4 Å². The minimum absolute atomic E-state index is 0.210. The fraction of sp³-hybridized carbons (Fsp3) is 0.444. The van der Waals surface area contributed by atoms with Gasteiger partial charge < -0.3 is 0 Å². The number of amides is 2. The van der Waals surface area contributed by atoms with Crippen molar-refractivity contribution in [1.29, 1.82) is 0 Å². The van der Waals surface area contributed by atoms with Crippen LogP contribution in [0.3, 0.4) is 0 Å². The monoisotopic (exact) mass is 473 g/mol. The summed E-state index contributed by atoms with van der Waals surface area (Å²) in [7, 11) is 0. The second-order valence-electron chi connectivity index (χ2n) is 9.61. The molecule has 2 aromatic heterocycles. The Morgan fingerprint density at radius 2 is 1.86 bits per heavy atom. The number of aromatic nitrogens is 3. The molecule has 5 rings (SSSR count). The van der Waals surface area contributed by atoms with Crippen molar-refractivity contribution in [3.05, 3.63) is 69.5 Å². The highest BCUT2D eigenvalue weighted by molar-refractivity contribution is 5.99. The molecular formula is C27H31N5O3. The van der Waals surface area contributed by atoms with E-state index in [4.69, 9.17) is 0 Å².